The van der Waals surface area contributed by atoms with Gasteiger partial charge in [-0.2, -0.15) is 0 Å². The third-order valence-corrected chi connectivity index (χ3v) is 7.89. The summed E-state index contributed by atoms with van der Waals surface area (Å²) in [5.74, 6) is 1.53. The Morgan fingerprint density at radius 3 is 2.61 bits per heavy atom. The number of carbonyl (C=O) groups is 1. The van der Waals surface area contributed by atoms with Gasteiger partial charge in [-0.25, -0.2) is 8.42 Å². The molecule has 1 aromatic carbocycles. The molecule has 1 aromatic rings. The Morgan fingerprint density at radius 1 is 1.29 bits per heavy atom. The van der Waals surface area contributed by atoms with Gasteiger partial charge in [0, 0.05) is 25.1 Å². The Kier molecular flexibility index (Phi) is 5.94. The Labute approximate surface area is 168 Å². The number of fused-ring (bicyclic) bond motifs is 1. The van der Waals surface area contributed by atoms with Gasteiger partial charge >= 0.3 is 0 Å². The molecule has 2 heterocycles. The predicted molar refractivity (Wildman–Crippen MR) is 109 cm³/mol. The second kappa shape index (κ2) is 7.93. The average molecular weight is 410 g/mol. The lowest BCUT2D eigenvalue weighted by Crippen LogP contribution is -2.45. The van der Waals surface area contributed by atoms with E-state index in [1.165, 1.54) is 0 Å². The van der Waals surface area contributed by atoms with Gasteiger partial charge in [-0.15, -0.1) is 0 Å². The summed E-state index contributed by atoms with van der Waals surface area (Å²) in [4.78, 5) is 14.2. The zero-order valence-corrected chi connectivity index (χ0v) is 18.0. The summed E-state index contributed by atoms with van der Waals surface area (Å²) < 4.78 is 36.5. The van der Waals surface area contributed by atoms with E-state index in [4.69, 9.17) is 9.47 Å². The summed E-state index contributed by atoms with van der Waals surface area (Å²) in [6.45, 7) is 8.74. The van der Waals surface area contributed by atoms with Gasteiger partial charge in [0.2, 0.25) is 0 Å². The summed E-state index contributed by atoms with van der Waals surface area (Å²) in [6.07, 6.45) is 1.81. The summed E-state index contributed by atoms with van der Waals surface area (Å²) in [5, 5.41) is -0.340. The van der Waals surface area contributed by atoms with Crippen molar-refractivity contribution in [2.24, 2.45) is 5.92 Å². The van der Waals surface area contributed by atoms with Gasteiger partial charge in [0.1, 0.15) is 5.60 Å². The molecule has 1 saturated heterocycles. The van der Waals surface area contributed by atoms with Crippen molar-refractivity contribution in [3.8, 4) is 11.5 Å². The number of para-hydroxylation sites is 1. The Hall–Kier alpha value is -1.76. The minimum atomic E-state index is -3.09. The van der Waals surface area contributed by atoms with Crippen molar-refractivity contribution >= 4 is 15.7 Å². The molecule has 28 heavy (non-hydrogen) atoms. The van der Waals surface area contributed by atoms with E-state index in [1.807, 2.05) is 45.9 Å². The maximum absolute atomic E-state index is 12.5. The fourth-order valence-electron chi connectivity index (χ4n) is 4.00. The molecule has 0 bridgehead atoms. The zero-order valence-electron chi connectivity index (χ0n) is 17.2. The number of nitrogens with zero attached hydrogens (tertiary/aromatic N) is 1. The standard InChI is InChI=1S/C21H31NO5S/c1-15(2)14-28(24,25)17-8-10-22(11-9-17)19(23)13-26-18-7-5-6-16-12-21(3,4)27-20(16)18/h5-7,15,17H,8-14H2,1-4H3. The first-order chi connectivity index (χ1) is 13.1. The second-order valence-corrected chi connectivity index (χ2v) is 11.2. The van der Waals surface area contributed by atoms with Crippen LogP contribution in [0.3, 0.4) is 0 Å². The van der Waals surface area contributed by atoms with Gasteiger partial charge in [0.25, 0.3) is 5.91 Å². The average Bonchev–Trinajstić information content (AvgIpc) is 2.93. The summed E-state index contributed by atoms with van der Waals surface area (Å²) >= 11 is 0. The van der Waals surface area contributed by atoms with Crippen LogP contribution in [0.4, 0.5) is 0 Å². The summed E-state index contributed by atoms with van der Waals surface area (Å²) in [5.41, 5.74) is 0.820. The van der Waals surface area contributed by atoms with Crippen molar-refractivity contribution in [2.75, 3.05) is 25.4 Å². The molecule has 0 unspecified atom stereocenters. The lowest BCUT2D eigenvalue weighted by Gasteiger charge is -2.32. The van der Waals surface area contributed by atoms with E-state index < -0.39 is 9.84 Å². The molecule has 0 aliphatic carbocycles. The molecule has 0 radical (unpaired) electrons. The maximum Gasteiger partial charge on any atom is 0.260 e. The topological polar surface area (TPSA) is 72.9 Å². The molecule has 3 rings (SSSR count). The number of carbonyl (C=O) groups excluding carboxylic acids is 1. The molecule has 0 aromatic heterocycles. The highest BCUT2D eigenvalue weighted by molar-refractivity contribution is 7.92. The Morgan fingerprint density at radius 2 is 1.96 bits per heavy atom. The quantitative estimate of drug-likeness (QED) is 0.722. The van der Waals surface area contributed by atoms with Crippen LogP contribution in [0.25, 0.3) is 0 Å². The van der Waals surface area contributed by atoms with E-state index in [9.17, 15) is 13.2 Å². The van der Waals surface area contributed by atoms with Crippen LogP contribution in [0.15, 0.2) is 18.2 Å². The zero-order chi connectivity index (χ0) is 20.5. The number of likely N-dealkylation sites (tertiary alicyclic amines) is 1. The SMILES string of the molecule is CC(C)CS(=O)(=O)C1CCN(C(=O)COc2cccc3c2OC(C)(C)C3)CC1. The van der Waals surface area contributed by atoms with Crippen LogP contribution in [0.1, 0.15) is 46.1 Å². The highest BCUT2D eigenvalue weighted by Gasteiger charge is 2.34. The molecule has 0 spiro atoms. The number of benzene rings is 1. The van der Waals surface area contributed by atoms with Gasteiger partial charge < -0.3 is 14.4 Å². The molecule has 1 amide bonds. The molecule has 156 valence electrons. The fraction of sp³-hybridized carbons (Fsp3) is 0.667. The minimum absolute atomic E-state index is 0.0658. The molecular formula is C21H31NO5S. The molecule has 0 atom stereocenters. The van der Waals surface area contributed by atoms with Crippen LogP contribution in [-0.2, 0) is 21.1 Å². The van der Waals surface area contributed by atoms with Crippen LogP contribution >= 0.6 is 0 Å². The molecule has 2 aliphatic rings. The molecule has 0 saturated carbocycles. The van der Waals surface area contributed by atoms with Crippen LogP contribution in [0.2, 0.25) is 0 Å². The number of sulfone groups is 1. The molecule has 6 nitrogen and oxygen atoms in total. The van der Waals surface area contributed by atoms with Crippen LogP contribution in [0.5, 0.6) is 11.5 Å². The highest BCUT2D eigenvalue weighted by Crippen LogP contribution is 2.41. The molecule has 1 fully saturated rings. The first-order valence-electron chi connectivity index (χ1n) is 10.0. The van der Waals surface area contributed by atoms with E-state index in [2.05, 4.69) is 0 Å². The second-order valence-electron chi connectivity index (χ2n) is 8.88. The van der Waals surface area contributed by atoms with Crippen LogP contribution in [0, 0.1) is 5.92 Å². The number of amides is 1. The van der Waals surface area contributed by atoms with E-state index in [-0.39, 0.29) is 35.0 Å². The van der Waals surface area contributed by atoms with Gasteiger partial charge in [0.05, 0.1) is 11.0 Å². The lowest BCUT2D eigenvalue weighted by molar-refractivity contribution is -0.134. The Bertz CT molecular complexity index is 823. The lowest BCUT2D eigenvalue weighted by atomic mass is 10.0. The van der Waals surface area contributed by atoms with Crippen molar-refractivity contribution in [3.05, 3.63) is 23.8 Å². The number of ether oxygens (including phenoxy) is 2. The van der Waals surface area contributed by atoms with Gasteiger partial charge in [-0.3, -0.25) is 4.79 Å². The van der Waals surface area contributed by atoms with Crippen LogP contribution < -0.4 is 9.47 Å². The highest BCUT2D eigenvalue weighted by atomic mass is 32.2. The third kappa shape index (κ3) is 4.80. The number of piperidine rings is 1. The normalized spacial score (nSPS) is 19.4. The molecule has 2 aliphatic heterocycles. The summed E-state index contributed by atoms with van der Waals surface area (Å²) in [6, 6.07) is 5.74. The van der Waals surface area contributed by atoms with E-state index in [0.29, 0.717) is 31.7 Å². The largest absolute Gasteiger partial charge is 0.483 e. The first-order valence-corrected chi connectivity index (χ1v) is 11.7. The smallest absolute Gasteiger partial charge is 0.260 e. The van der Waals surface area contributed by atoms with Gasteiger partial charge in [0.15, 0.2) is 27.9 Å². The molecule has 0 N–H and O–H groups in total. The molecule has 7 heteroatoms. The fourth-order valence-corrected chi connectivity index (χ4v) is 6.13. The predicted octanol–water partition coefficient (Wildman–Crippen LogP) is 2.84. The van der Waals surface area contributed by atoms with Gasteiger partial charge in [-0.05, 0) is 38.7 Å². The third-order valence-electron chi connectivity index (χ3n) is 5.27. The van der Waals surface area contributed by atoms with Crippen molar-refractivity contribution in [1.29, 1.82) is 0 Å². The van der Waals surface area contributed by atoms with Crippen molar-refractivity contribution in [2.45, 2.75) is 57.8 Å². The molecular weight excluding hydrogens is 378 g/mol. The Balaban J connectivity index is 1.54. The van der Waals surface area contributed by atoms with E-state index in [1.54, 1.807) is 4.90 Å². The van der Waals surface area contributed by atoms with E-state index >= 15 is 0 Å². The summed E-state index contributed by atoms with van der Waals surface area (Å²) in [7, 11) is -3.09. The van der Waals surface area contributed by atoms with Crippen molar-refractivity contribution in [1.82, 2.24) is 4.90 Å². The van der Waals surface area contributed by atoms with Crippen LogP contribution in [-0.4, -0.2) is 55.5 Å². The first kappa shape index (κ1) is 21.0. The minimum Gasteiger partial charge on any atom is -0.483 e. The van der Waals surface area contributed by atoms with Crippen molar-refractivity contribution < 1.29 is 22.7 Å². The maximum atomic E-state index is 12.5. The number of hydrogen-bond donors (Lipinski definition) is 0. The monoisotopic (exact) mass is 409 g/mol. The van der Waals surface area contributed by atoms with Crippen molar-refractivity contribution in [3.63, 3.8) is 0 Å². The van der Waals surface area contributed by atoms with E-state index in [0.717, 1.165) is 17.7 Å². The van der Waals surface area contributed by atoms with Gasteiger partial charge in [-0.1, -0.05) is 26.0 Å². The number of hydrogen-bond acceptors (Lipinski definition) is 5. The number of rotatable bonds is 6.